The Hall–Kier alpha value is -3.63. The van der Waals surface area contributed by atoms with Crippen LogP contribution in [0, 0.1) is 0 Å². The molecule has 2 N–H and O–H groups in total. The fourth-order valence-electron chi connectivity index (χ4n) is 3.34. The van der Waals surface area contributed by atoms with Gasteiger partial charge in [-0.3, -0.25) is 19.5 Å². The van der Waals surface area contributed by atoms with Crippen LogP contribution in [0.15, 0.2) is 58.0 Å². The van der Waals surface area contributed by atoms with Crippen molar-refractivity contribution in [1.82, 2.24) is 30.3 Å². The number of amides is 2. The molecule has 0 fully saturated rings. The number of thioether (sulfide) groups is 2. The van der Waals surface area contributed by atoms with Gasteiger partial charge < -0.3 is 10.1 Å². The smallest absolute Gasteiger partial charge is 0.416 e. The maximum atomic E-state index is 13.4. The van der Waals surface area contributed by atoms with E-state index in [-0.39, 0.29) is 29.0 Å². The average molecular weight is 610 g/mol. The van der Waals surface area contributed by atoms with Crippen LogP contribution in [0.3, 0.4) is 0 Å². The predicted molar refractivity (Wildman–Crippen MR) is 146 cm³/mol. The number of hydrogen-bond acceptors (Lipinski definition) is 10. The summed E-state index contributed by atoms with van der Waals surface area (Å²) in [6.07, 6.45) is -4.57. The van der Waals surface area contributed by atoms with Crippen LogP contribution in [-0.2, 0) is 17.5 Å². The Bertz CT molecular complexity index is 1490. The van der Waals surface area contributed by atoms with Gasteiger partial charge in [-0.05, 0) is 42.2 Å². The Morgan fingerprint density at radius 1 is 1.05 bits per heavy atom. The number of carbonyl (C=O) groups excluding carboxylic acids is 2. The summed E-state index contributed by atoms with van der Waals surface area (Å²) in [5.41, 5.74) is -0.414. The molecule has 2 heterocycles. The largest absolute Gasteiger partial charge is 0.497 e. The SMILES string of the molecule is CCSc1nnc(NC(=O)CSc2nnc(CNC(=O)c3cccc(OC)c3)n2-c2cccc(C(F)(F)F)c2)s1. The number of anilines is 1. The fraction of sp³-hybridized carbons (Fsp3) is 0.250. The minimum Gasteiger partial charge on any atom is -0.497 e. The number of hydrogen-bond donors (Lipinski definition) is 2. The highest BCUT2D eigenvalue weighted by Gasteiger charge is 2.31. The van der Waals surface area contributed by atoms with Crippen LogP contribution in [0.5, 0.6) is 5.75 Å². The van der Waals surface area contributed by atoms with Crippen molar-refractivity contribution in [1.29, 1.82) is 0 Å². The standard InChI is InChI=1S/C24H22F3N7O3S3/c1-3-38-23-33-31-21(40-23)29-19(35)13-39-22-32-30-18(12-28-20(36)14-6-4-9-17(10-14)37-2)34(22)16-8-5-7-15(11-16)24(25,26)27/h4-11H,3,12-13H2,1-2H3,(H,28,36)(H,29,31,35). The Labute approximate surface area is 239 Å². The van der Waals surface area contributed by atoms with E-state index in [0.717, 1.165) is 34.0 Å². The highest BCUT2D eigenvalue weighted by Crippen LogP contribution is 2.32. The van der Waals surface area contributed by atoms with Crippen LogP contribution in [-0.4, -0.2) is 55.4 Å². The fourth-order valence-corrected chi connectivity index (χ4v) is 5.78. The van der Waals surface area contributed by atoms with Gasteiger partial charge in [0, 0.05) is 5.56 Å². The molecule has 210 valence electrons. The molecule has 0 aliphatic rings. The van der Waals surface area contributed by atoms with E-state index in [1.54, 1.807) is 24.3 Å². The monoisotopic (exact) mass is 609 g/mol. The molecular formula is C24H22F3N7O3S3. The normalized spacial score (nSPS) is 11.3. The first-order valence-corrected chi connectivity index (χ1v) is 14.4. The van der Waals surface area contributed by atoms with Crippen molar-refractivity contribution in [3.63, 3.8) is 0 Å². The number of halogens is 3. The Morgan fingerprint density at radius 3 is 2.60 bits per heavy atom. The second-order valence-corrected chi connectivity index (χ2v) is 11.3. The van der Waals surface area contributed by atoms with Crippen molar-refractivity contribution >= 4 is 51.8 Å². The zero-order valence-corrected chi connectivity index (χ0v) is 23.5. The van der Waals surface area contributed by atoms with Gasteiger partial charge >= 0.3 is 6.18 Å². The van der Waals surface area contributed by atoms with Gasteiger partial charge in [0.1, 0.15) is 5.75 Å². The topological polar surface area (TPSA) is 124 Å². The van der Waals surface area contributed by atoms with Crippen molar-refractivity contribution in [3.05, 3.63) is 65.5 Å². The highest BCUT2D eigenvalue weighted by molar-refractivity contribution is 8.01. The Kier molecular flexibility index (Phi) is 9.65. The lowest BCUT2D eigenvalue weighted by atomic mass is 10.2. The first-order valence-electron chi connectivity index (χ1n) is 11.6. The van der Waals surface area contributed by atoms with E-state index >= 15 is 0 Å². The van der Waals surface area contributed by atoms with E-state index in [1.807, 2.05) is 6.92 Å². The number of nitrogens with zero attached hydrogens (tertiary/aromatic N) is 5. The first-order chi connectivity index (χ1) is 19.2. The van der Waals surface area contributed by atoms with Gasteiger partial charge in [0.25, 0.3) is 5.91 Å². The molecule has 4 rings (SSSR count). The van der Waals surface area contributed by atoms with Crippen molar-refractivity contribution in [2.24, 2.45) is 0 Å². The molecule has 16 heteroatoms. The number of carbonyl (C=O) groups is 2. The number of rotatable bonds is 11. The predicted octanol–water partition coefficient (Wildman–Crippen LogP) is 4.92. The molecule has 0 saturated heterocycles. The third-order valence-electron chi connectivity index (χ3n) is 5.12. The first kappa shape index (κ1) is 29.4. The summed E-state index contributed by atoms with van der Waals surface area (Å²) in [5, 5.41) is 21.9. The highest BCUT2D eigenvalue weighted by atomic mass is 32.2. The summed E-state index contributed by atoms with van der Waals surface area (Å²) in [5.74, 6) is 0.508. The molecule has 0 unspecified atom stereocenters. The molecule has 0 atom stereocenters. The van der Waals surface area contributed by atoms with Gasteiger partial charge in [-0.1, -0.05) is 53.9 Å². The summed E-state index contributed by atoms with van der Waals surface area (Å²) in [7, 11) is 1.48. The van der Waals surface area contributed by atoms with Crippen molar-refractivity contribution in [2.75, 3.05) is 23.9 Å². The lowest BCUT2D eigenvalue weighted by Crippen LogP contribution is -2.24. The van der Waals surface area contributed by atoms with Crippen LogP contribution >= 0.6 is 34.9 Å². The number of ether oxygens (including phenoxy) is 1. The van der Waals surface area contributed by atoms with Gasteiger partial charge in [0.05, 0.1) is 30.7 Å². The van der Waals surface area contributed by atoms with E-state index in [2.05, 4.69) is 31.0 Å². The number of benzene rings is 2. The summed E-state index contributed by atoms with van der Waals surface area (Å²) < 4.78 is 47.6. The minimum atomic E-state index is -4.57. The van der Waals surface area contributed by atoms with E-state index in [0.29, 0.717) is 16.4 Å². The third-order valence-corrected chi connectivity index (χ3v) is 7.91. The molecule has 4 aromatic rings. The number of aromatic nitrogens is 5. The molecule has 2 aromatic heterocycles. The zero-order valence-electron chi connectivity index (χ0n) is 21.1. The summed E-state index contributed by atoms with van der Waals surface area (Å²) in [6.45, 7) is 1.83. The van der Waals surface area contributed by atoms with Crippen LogP contribution in [0.2, 0.25) is 0 Å². The number of methoxy groups -OCH3 is 1. The molecule has 2 aromatic carbocycles. The lowest BCUT2D eigenvalue weighted by molar-refractivity contribution is -0.137. The summed E-state index contributed by atoms with van der Waals surface area (Å²) in [4.78, 5) is 25.3. The van der Waals surface area contributed by atoms with E-state index in [9.17, 15) is 22.8 Å². The molecule has 0 spiro atoms. The molecule has 0 radical (unpaired) electrons. The summed E-state index contributed by atoms with van der Waals surface area (Å²) in [6, 6.07) is 11.1. The second kappa shape index (κ2) is 13.1. The maximum Gasteiger partial charge on any atom is 0.416 e. The zero-order chi connectivity index (χ0) is 28.7. The van der Waals surface area contributed by atoms with Gasteiger partial charge in [-0.15, -0.1) is 20.4 Å². The number of nitrogens with one attached hydrogen (secondary N) is 2. The third kappa shape index (κ3) is 7.51. The van der Waals surface area contributed by atoms with Gasteiger partial charge in [0.15, 0.2) is 15.3 Å². The van der Waals surface area contributed by atoms with E-state index < -0.39 is 23.6 Å². The van der Waals surface area contributed by atoms with Gasteiger partial charge in [-0.25, -0.2) is 0 Å². The quantitative estimate of drug-likeness (QED) is 0.180. The second-order valence-electron chi connectivity index (χ2n) is 7.84. The Balaban J connectivity index is 1.54. The molecule has 0 bridgehead atoms. The van der Waals surface area contributed by atoms with E-state index in [1.165, 1.54) is 46.9 Å². The van der Waals surface area contributed by atoms with Crippen LogP contribution < -0.4 is 15.4 Å². The summed E-state index contributed by atoms with van der Waals surface area (Å²) >= 11 is 3.71. The molecular weight excluding hydrogens is 588 g/mol. The van der Waals surface area contributed by atoms with Crippen LogP contribution in [0.1, 0.15) is 28.7 Å². The molecule has 0 saturated carbocycles. The lowest BCUT2D eigenvalue weighted by Gasteiger charge is -2.13. The van der Waals surface area contributed by atoms with E-state index in [4.69, 9.17) is 4.74 Å². The van der Waals surface area contributed by atoms with Gasteiger partial charge in [0.2, 0.25) is 11.0 Å². The maximum absolute atomic E-state index is 13.4. The van der Waals surface area contributed by atoms with Crippen molar-refractivity contribution in [3.8, 4) is 11.4 Å². The van der Waals surface area contributed by atoms with Crippen LogP contribution in [0.25, 0.3) is 5.69 Å². The molecule has 40 heavy (non-hydrogen) atoms. The average Bonchev–Trinajstić information content (AvgIpc) is 3.56. The van der Waals surface area contributed by atoms with Crippen LogP contribution in [0.4, 0.5) is 18.3 Å². The van der Waals surface area contributed by atoms with Gasteiger partial charge in [-0.2, -0.15) is 13.2 Å². The number of alkyl halides is 3. The minimum absolute atomic E-state index is 0.122. The molecule has 2 amide bonds. The van der Waals surface area contributed by atoms with Crippen molar-refractivity contribution < 1.29 is 27.5 Å². The van der Waals surface area contributed by atoms with Crippen molar-refractivity contribution in [2.45, 2.75) is 29.1 Å². The molecule has 0 aliphatic carbocycles. The molecule has 0 aliphatic heterocycles. The Morgan fingerprint density at radius 2 is 1.85 bits per heavy atom. The molecule has 10 nitrogen and oxygen atoms in total.